The largest absolute Gasteiger partial charge is 0.385 e. The number of allylic oxidation sites excluding steroid dienone is 1. The Kier molecular flexibility index (Phi) is 10.3. The topological polar surface area (TPSA) is 36.9 Å². The van der Waals surface area contributed by atoms with Gasteiger partial charge in [-0.05, 0) is 37.5 Å². The molecule has 0 bridgehead atoms. The standard InChI is InChI=1S/C15H29N3O.HI/c1-5-6-7-11-18(3)14(16-2)17-13-15(8-9-15)10-12-19-4;/h5H,1,6-13H2,2-4H3,(H,16,17);1H. The molecule has 0 aromatic heterocycles. The molecule has 1 fully saturated rings. The van der Waals surface area contributed by atoms with Gasteiger partial charge in [-0.25, -0.2) is 0 Å². The lowest BCUT2D eigenvalue weighted by Crippen LogP contribution is -2.42. The van der Waals surface area contributed by atoms with Crippen molar-refractivity contribution < 1.29 is 4.74 Å². The average Bonchev–Trinajstić information content (AvgIpc) is 3.18. The number of rotatable bonds is 9. The maximum Gasteiger partial charge on any atom is 0.193 e. The number of methoxy groups -OCH3 is 1. The van der Waals surface area contributed by atoms with E-state index in [-0.39, 0.29) is 24.0 Å². The summed E-state index contributed by atoms with van der Waals surface area (Å²) < 4.78 is 5.19. The zero-order chi connectivity index (χ0) is 14.1. The zero-order valence-corrected chi connectivity index (χ0v) is 15.5. The molecule has 0 aliphatic heterocycles. The van der Waals surface area contributed by atoms with Gasteiger partial charge < -0.3 is 15.0 Å². The normalized spacial score (nSPS) is 16.2. The lowest BCUT2D eigenvalue weighted by molar-refractivity contribution is 0.172. The Hall–Kier alpha value is -0.300. The molecule has 0 saturated heterocycles. The van der Waals surface area contributed by atoms with Crippen LogP contribution < -0.4 is 5.32 Å². The minimum atomic E-state index is 0. The van der Waals surface area contributed by atoms with Gasteiger partial charge >= 0.3 is 0 Å². The van der Waals surface area contributed by atoms with Gasteiger partial charge in [0, 0.05) is 40.9 Å². The number of nitrogens with zero attached hydrogens (tertiary/aromatic N) is 2. The molecule has 1 aliphatic carbocycles. The molecule has 118 valence electrons. The number of ether oxygens (including phenoxy) is 1. The highest BCUT2D eigenvalue weighted by Gasteiger charge is 2.41. The Balaban J connectivity index is 0.00000361. The molecule has 5 heteroatoms. The summed E-state index contributed by atoms with van der Waals surface area (Å²) in [7, 11) is 5.71. The molecule has 20 heavy (non-hydrogen) atoms. The average molecular weight is 395 g/mol. The van der Waals surface area contributed by atoms with Crippen LogP contribution in [-0.2, 0) is 4.74 Å². The van der Waals surface area contributed by atoms with Crippen molar-refractivity contribution in [2.75, 3.05) is 40.9 Å². The molecule has 0 atom stereocenters. The summed E-state index contributed by atoms with van der Waals surface area (Å²) in [4.78, 5) is 6.54. The number of aliphatic imine (C=N–C) groups is 1. The van der Waals surface area contributed by atoms with Gasteiger partial charge in [-0.2, -0.15) is 0 Å². The van der Waals surface area contributed by atoms with Gasteiger partial charge in [-0.3, -0.25) is 4.99 Å². The third kappa shape index (κ3) is 6.92. The lowest BCUT2D eigenvalue weighted by atomic mass is 10.0. The Morgan fingerprint density at radius 1 is 1.50 bits per heavy atom. The van der Waals surface area contributed by atoms with Gasteiger partial charge in [0.2, 0.25) is 0 Å². The van der Waals surface area contributed by atoms with Crippen LogP contribution in [0, 0.1) is 5.41 Å². The van der Waals surface area contributed by atoms with Crippen LogP contribution in [-0.4, -0.2) is 51.8 Å². The first-order valence-electron chi connectivity index (χ1n) is 7.19. The fourth-order valence-corrected chi connectivity index (χ4v) is 2.24. The van der Waals surface area contributed by atoms with E-state index in [4.69, 9.17) is 4.74 Å². The van der Waals surface area contributed by atoms with E-state index in [0.717, 1.165) is 44.9 Å². The van der Waals surface area contributed by atoms with Crippen molar-refractivity contribution in [2.24, 2.45) is 10.4 Å². The van der Waals surface area contributed by atoms with E-state index in [1.807, 2.05) is 13.1 Å². The van der Waals surface area contributed by atoms with Gasteiger partial charge in [0.15, 0.2) is 5.96 Å². The van der Waals surface area contributed by atoms with Crippen molar-refractivity contribution in [3.05, 3.63) is 12.7 Å². The van der Waals surface area contributed by atoms with E-state index >= 15 is 0 Å². The molecule has 1 rings (SSSR count). The molecule has 1 saturated carbocycles. The molecule has 0 amide bonds. The Morgan fingerprint density at radius 2 is 2.20 bits per heavy atom. The first-order chi connectivity index (χ1) is 9.17. The number of unbranched alkanes of at least 4 members (excludes halogenated alkanes) is 1. The van der Waals surface area contributed by atoms with E-state index in [9.17, 15) is 0 Å². The second-order valence-corrected chi connectivity index (χ2v) is 5.50. The van der Waals surface area contributed by atoms with Crippen molar-refractivity contribution in [3.8, 4) is 0 Å². The highest BCUT2D eigenvalue weighted by Crippen LogP contribution is 2.48. The second-order valence-electron chi connectivity index (χ2n) is 5.50. The number of hydrogen-bond acceptors (Lipinski definition) is 2. The monoisotopic (exact) mass is 395 g/mol. The molecule has 1 aliphatic rings. The predicted octanol–water partition coefficient (Wildman–Crippen LogP) is 2.89. The highest BCUT2D eigenvalue weighted by atomic mass is 127. The highest BCUT2D eigenvalue weighted by molar-refractivity contribution is 14.0. The van der Waals surface area contributed by atoms with Crippen molar-refractivity contribution in [1.82, 2.24) is 10.2 Å². The summed E-state index contributed by atoms with van der Waals surface area (Å²) in [5.41, 5.74) is 0.452. The zero-order valence-electron chi connectivity index (χ0n) is 13.2. The van der Waals surface area contributed by atoms with Gasteiger partial charge in [0.25, 0.3) is 0 Å². The van der Waals surface area contributed by atoms with Gasteiger partial charge in [0.1, 0.15) is 0 Å². The first-order valence-corrected chi connectivity index (χ1v) is 7.19. The van der Waals surface area contributed by atoms with Crippen LogP contribution >= 0.6 is 24.0 Å². The van der Waals surface area contributed by atoms with Crippen LogP contribution in [0.15, 0.2) is 17.6 Å². The molecular weight excluding hydrogens is 365 g/mol. The van der Waals surface area contributed by atoms with Crippen LogP contribution in [0.1, 0.15) is 32.1 Å². The smallest absolute Gasteiger partial charge is 0.193 e. The summed E-state index contributed by atoms with van der Waals surface area (Å²) in [5, 5.41) is 3.50. The fourth-order valence-electron chi connectivity index (χ4n) is 2.24. The quantitative estimate of drug-likeness (QED) is 0.215. The summed E-state index contributed by atoms with van der Waals surface area (Å²) in [5.74, 6) is 0.993. The Morgan fingerprint density at radius 3 is 2.70 bits per heavy atom. The van der Waals surface area contributed by atoms with Crippen LogP contribution in [0.4, 0.5) is 0 Å². The van der Waals surface area contributed by atoms with Crippen molar-refractivity contribution in [1.29, 1.82) is 0 Å². The molecule has 0 radical (unpaired) electrons. The van der Waals surface area contributed by atoms with Crippen molar-refractivity contribution >= 4 is 29.9 Å². The number of halogens is 1. The summed E-state index contributed by atoms with van der Waals surface area (Å²) >= 11 is 0. The van der Waals surface area contributed by atoms with Crippen molar-refractivity contribution in [3.63, 3.8) is 0 Å². The molecular formula is C15H30IN3O. The molecule has 0 aromatic rings. The number of hydrogen-bond donors (Lipinski definition) is 1. The van der Waals surface area contributed by atoms with Crippen LogP contribution in [0.25, 0.3) is 0 Å². The van der Waals surface area contributed by atoms with E-state index < -0.39 is 0 Å². The number of nitrogens with one attached hydrogen (secondary N) is 1. The van der Waals surface area contributed by atoms with E-state index in [0.29, 0.717) is 5.41 Å². The molecule has 0 aromatic carbocycles. The second kappa shape index (κ2) is 10.4. The van der Waals surface area contributed by atoms with E-state index in [1.165, 1.54) is 12.8 Å². The lowest BCUT2D eigenvalue weighted by Gasteiger charge is -2.24. The van der Waals surface area contributed by atoms with Crippen LogP contribution in [0.3, 0.4) is 0 Å². The van der Waals surface area contributed by atoms with E-state index in [1.54, 1.807) is 7.11 Å². The van der Waals surface area contributed by atoms with Crippen molar-refractivity contribution in [2.45, 2.75) is 32.1 Å². The predicted molar refractivity (Wildman–Crippen MR) is 97.0 cm³/mol. The minimum absolute atomic E-state index is 0. The summed E-state index contributed by atoms with van der Waals surface area (Å²) in [6, 6.07) is 0. The molecule has 0 spiro atoms. The van der Waals surface area contributed by atoms with E-state index in [2.05, 4.69) is 28.8 Å². The molecule has 1 N–H and O–H groups in total. The van der Waals surface area contributed by atoms with Gasteiger partial charge in [-0.1, -0.05) is 6.08 Å². The molecule has 0 heterocycles. The Labute approximate surface area is 141 Å². The first kappa shape index (κ1) is 19.7. The maximum absolute atomic E-state index is 5.19. The third-order valence-electron chi connectivity index (χ3n) is 3.89. The molecule has 4 nitrogen and oxygen atoms in total. The third-order valence-corrected chi connectivity index (χ3v) is 3.89. The summed E-state index contributed by atoms with van der Waals surface area (Å²) in [6.45, 7) is 6.63. The molecule has 0 unspecified atom stereocenters. The van der Waals surface area contributed by atoms with Crippen LogP contribution in [0.2, 0.25) is 0 Å². The maximum atomic E-state index is 5.19. The van der Waals surface area contributed by atoms with Gasteiger partial charge in [-0.15, -0.1) is 30.6 Å². The number of guanidine groups is 1. The Bertz CT molecular complexity index is 303. The SMILES string of the molecule is C=CCCCN(C)C(=NC)NCC1(CCOC)CC1.I. The van der Waals surface area contributed by atoms with Gasteiger partial charge in [0.05, 0.1) is 0 Å². The fraction of sp³-hybridized carbons (Fsp3) is 0.800. The van der Waals surface area contributed by atoms with Crippen LogP contribution in [0.5, 0.6) is 0 Å². The summed E-state index contributed by atoms with van der Waals surface area (Å²) in [6.07, 6.45) is 7.90. The minimum Gasteiger partial charge on any atom is -0.385 e.